The van der Waals surface area contributed by atoms with Crippen LogP contribution >= 0.6 is 0 Å². The molecule has 0 N–H and O–H groups in total. The van der Waals surface area contributed by atoms with Gasteiger partial charge in [-0.2, -0.15) is 0 Å². The predicted octanol–water partition coefficient (Wildman–Crippen LogP) is 2.40. The number of hydrogen-bond acceptors (Lipinski definition) is 7. The van der Waals surface area contributed by atoms with E-state index in [2.05, 4.69) is 9.80 Å². The molecule has 0 unspecified atom stereocenters. The predicted molar refractivity (Wildman–Crippen MR) is 117 cm³/mol. The summed E-state index contributed by atoms with van der Waals surface area (Å²) in [6.07, 6.45) is 0. The molecule has 4 rings (SSSR count). The second kappa shape index (κ2) is 9.22. The zero-order chi connectivity index (χ0) is 21.8. The number of nitrogens with zero attached hydrogens (tertiary/aromatic N) is 4. The number of carbonyl (C=O) groups is 1. The highest BCUT2D eigenvalue weighted by Gasteiger charge is 2.28. The summed E-state index contributed by atoms with van der Waals surface area (Å²) in [5, 5.41) is 11.3. The van der Waals surface area contributed by atoms with E-state index >= 15 is 0 Å². The first-order chi connectivity index (χ1) is 15.1. The summed E-state index contributed by atoms with van der Waals surface area (Å²) in [6.45, 7) is 4.95. The molecule has 9 heteroatoms. The molecule has 1 amide bonds. The highest BCUT2D eigenvalue weighted by Crippen LogP contribution is 2.28. The molecule has 0 radical (unpaired) electrons. The molecule has 164 valence electrons. The number of anilines is 2. The third kappa shape index (κ3) is 4.56. The minimum Gasteiger partial charge on any atom is -0.497 e. The van der Waals surface area contributed by atoms with Crippen LogP contribution in [-0.2, 0) is 4.74 Å². The van der Waals surface area contributed by atoms with E-state index < -0.39 is 4.92 Å². The number of morpholine rings is 1. The van der Waals surface area contributed by atoms with E-state index in [9.17, 15) is 14.9 Å². The van der Waals surface area contributed by atoms with Crippen molar-refractivity contribution >= 4 is 23.0 Å². The number of nitro groups is 1. The van der Waals surface area contributed by atoms with Crippen molar-refractivity contribution in [1.82, 2.24) is 4.90 Å². The summed E-state index contributed by atoms with van der Waals surface area (Å²) < 4.78 is 10.6. The normalized spacial score (nSPS) is 16.9. The lowest BCUT2D eigenvalue weighted by Gasteiger charge is -2.37. The first kappa shape index (κ1) is 20.9. The molecule has 2 aliphatic rings. The third-order valence-electron chi connectivity index (χ3n) is 5.78. The van der Waals surface area contributed by atoms with Gasteiger partial charge in [0.2, 0.25) is 0 Å². The van der Waals surface area contributed by atoms with E-state index in [0.29, 0.717) is 58.0 Å². The fourth-order valence-electron chi connectivity index (χ4n) is 4.02. The second-order valence-corrected chi connectivity index (χ2v) is 7.54. The van der Waals surface area contributed by atoms with E-state index in [4.69, 9.17) is 9.47 Å². The average molecular weight is 426 g/mol. The fourth-order valence-corrected chi connectivity index (χ4v) is 4.02. The molecule has 0 saturated carbocycles. The van der Waals surface area contributed by atoms with Crippen molar-refractivity contribution in [2.75, 3.05) is 69.4 Å². The molecule has 0 aromatic heterocycles. The Labute approximate surface area is 180 Å². The average Bonchev–Trinajstić information content (AvgIpc) is 2.84. The van der Waals surface area contributed by atoms with Gasteiger partial charge in [0.15, 0.2) is 0 Å². The Morgan fingerprint density at radius 3 is 2.26 bits per heavy atom. The van der Waals surface area contributed by atoms with Gasteiger partial charge in [0.1, 0.15) is 5.75 Å². The van der Waals surface area contributed by atoms with Crippen LogP contribution in [0, 0.1) is 10.1 Å². The lowest BCUT2D eigenvalue weighted by atomic mass is 10.1. The number of carbonyl (C=O) groups excluding carboxylic acids is 1. The molecule has 2 heterocycles. The highest BCUT2D eigenvalue weighted by molar-refractivity contribution is 6.00. The van der Waals surface area contributed by atoms with Crippen LogP contribution in [0.5, 0.6) is 5.75 Å². The van der Waals surface area contributed by atoms with Crippen LogP contribution in [0.2, 0.25) is 0 Å². The van der Waals surface area contributed by atoms with Crippen LogP contribution < -0.4 is 14.5 Å². The van der Waals surface area contributed by atoms with Gasteiger partial charge in [-0.05, 0) is 30.3 Å². The number of methoxy groups -OCH3 is 1. The molecule has 0 atom stereocenters. The molecule has 2 aliphatic heterocycles. The smallest absolute Gasteiger partial charge is 0.270 e. The number of non-ortho nitro benzene ring substituents is 1. The van der Waals surface area contributed by atoms with Gasteiger partial charge in [-0.15, -0.1) is 0 Å². The topological polar surface area (TPSA) is 88.4 Å². The van der Waals surface area contributed by atoms with E-state index in [1.165, 1.54) is 12.1 Å². The first-order valence-electron chi connectivity index (χ1n) is 10.4. The van der Waals surface area contributed by atoms with Crippen molar-refractivity contribution in [2.24, 2.45) is 0 Å². The number of rotatable bonds is 5. The number of ether oxygens (including phenoxy) is 2. The van der Waals surface area contributed by atoms with Gasteiger partial charge in [-0.3, -0.25) is 14.9 Å². The van der Waals surface area contributed by atoms with Gasteiger partial charge in [-0.1, -0.05) is 0 Å². The van der Waals surface area contributed by atoms with Crippen LogP contribution in [0.25, 0.3) is 0 Å². The van der Waals surface area contributed by atoms with Crippen LogP contribution in [0.1, 0.15) is 10.4 Å². The Morgan fingerprint density at radius 1 is 0.968 bits per heavy atom. The lowest BCUT2D eigenvalue weighted by Crippen LogP contribution is -2.49. The molecule has 0 aliphatic carbocycles. The van der Waals surface area contributed by atoms with Crippen molar-refractivity contribution in [2.45, 2.75) is 0 Å². The van der Waals surface area contributed by atoms with Gasteiger partial charge in [-0.25, -0.2) is 0 Å². The highest BCUT2D eigenvalue weighted by atomic mass is 16.6. The van der Waals surface area contributed by atoms with Crippen molar-refractivity contribution in [1.29, 1.82) is 0 Å². The first-order valence-corrected chi connectivity index (χ1v) is 10.4. The molecule has 31 heavy (non-hydrogen) atoms. The Balaban J connectivity index is 1.50. The van der Waals surface area contributed by atoms with Gasteiger partial charge in [0.05, 0.1) is 36.5 Å². The Bertz CT molecular complexity index is 935. The maximum Gasteiger partial charge on any atom is 0.270 e. The number of piperazine rings is 1. The molecule has 2 saturated heterocycles. The van der Waals surface area contributed by atoms with Crippen molar-refractivity contribution < 1.29 is 19.2 Å². The van der Waals surface area contributed by atoms with Crippen LogP contribution in [0.3, 0.4) is 0 Å². The molecular weight excluding hydrogens is 400 g/mol. The minimum atomic E-state index is -0.457. The summed E-state index contributed by atoms with van der Waals surface area (Å²) in [5.41, 5.74) is 2.12. The maximum absolute atomic E-state index is 13.4. The second-order valence-electron chi connectivity index (χ2n) is 7.54. The van der Waals surface area contributed by atoms with Gasteiger partial charge >= 0.3 is 0 Å². The van der Waals surface area contributed by atoms with Crippen molar-refractivity contribution in [3.63, 3.8) is 0 Å². The lowest BCUT2D eigenvalue weighted by molar-refractivity contribution is -0.384. The molecule has 0 spiro atoms. The Kier molecular flexibility index (Phi) is 6.22. The van der Waals surface area contributed by atoms with Gasteiger partial charge < -0.3 is 24.2 Å². The zero-order valence-corrected chi connectivity index (χ0v) is 17.5. The van der Waals surface area contributed by atoms with Gasteiger partial charge in [0.25, 0.3) is 11.6 Å². The number of amides is 1. The van der Waals surface area contributed by atoms with E-state index in [1.807, 2.05) is 24.3 Å². The SMILES string of the molecule is COc1ccc(N2CCN(C(=O)c3cc([N+](=O)[O-])ccc3N3CCOCC3)CC2)cc1. The molecule has 9 nitrogen and oxygen atoms in total. The fraction of sp³-hybridized carbons (Fsp3) is 0.409. The Hall–Kier alpha value is -3.33. The van der Waals surface area contributed by atoms with E-state index in [-0.39, 0.29) is 11.6 Å². The van der Waals surface area contributed by atoms with Gasteiger partial charge in [0, 0.05) is 57.1 Å². The molecular formula is C22H26N4O5. The van der Waals surface area contributed by atoms with Crippen LogP contribution in [-0.4, -0.2) is 75.3 Å². The minimum absolute atomic E-state index is 0.0720. The third-order valence-corrected chi connectivity index (χ3v) is 5.78. The molecule has 2 aromatic carbocycles. The largest absolute Gasteiger partial charge is 0.497 e. The zero-order valence-electron chi connectivity index (χ0n) is 17.5. The van der Waals surface area contributed by atoms with E-state index in [0.717, 1.165) is 17.1 Å². The number of benzene rings is 2. The monoisotopic (exact) mass is 426 g/mol. The van der Waals surface area contributed by atoms with Crippen LogP contribution in [0.15, 0.2) is 42.5 Å². The summed E-state index contributed by atoms with van der Waals surface area (Å²) in [4.78, 5) is 30.3. The van der Waals surface area contributed by atoms with E-state index in [1.54, 1.807) is 18.1 Å². The summed E-state index contributed by atoms with van der Waals surface area (Å²) in [6, 6.07) is 12.4. The van der Waals surface area contributed by atoms with Crippen molar-refractivity contribution in [3.05, 3.63) is 58.1 Å². The van der Waals surface area contributed by atoms with Crippen molar-refractivity contribution in [3.8, 4) is 5.75 Å². The maximum atomic E-state index is 13.4. The standard InChI is InChI=1S/C22H26N4O5/c1-30-19-5-2-17(3-6-19)23-8-10-25(11-9-23)22(27)20-16-18(26(28)29)4-7-21(20)24-12-14-31-15-13-24/h2-7,16H,8-15H2,1H3. The number of nitro benzene ring substituents is 1. The Morgan fingerprint density at radius 2 is 1.65 bits per heavy atom. The summed E-state index contributed by atoms with van der Waals surface area (Å²) >= 11 is 0. The quantitative estimate of drug-likeness (QED) is 0.536. The molecule has 2 aromatic rings. The summed E-state index contributed by atoms with van der Waals surface area (Å²) in [7, 11) is 1.64. The van der Waals surface area contributed by atoms with Crippen LogP contribution in [0.4, 0.5) is 17.1 Å². The summed E-state index contributed by atoms with van der Waals surface area (Å²) in [5.74, 6) is 0.637. The number of hydrogen-bond donors (Lipinski definition) is 0. The molecule has 2 fully saturated rings. The molecule has 0 bridgehead atoms.